The summed E-state index contributed by atoms with van der Waals surface area (Å²) < 4.78 is 1.62. The Bertz CT molecular complexity index is 540. The first kappa shape index (κ1) is 15.1. The number of aromatic nitrogens is 5. The van der Waals surface area contributed by atoms with Gasteiger partial charge in [-0.2, -0.15) is 0 Å². The molecule has 0 aliphatic carbocycles. The molecule has 1 unspecified atom stereocenters. The third kappa shape index (κ3) is 4.62. The molecule has 0 saturated carbocycles. The van der Waals surface area contributed by atoms with Gasteiger partial charge in [-0.1, -0.05) is 19.9 Å². The molecule has 7 heteroatoms. The molecule has 0 bridgehead atoms. The zero-order valence-electron chi connectivity index (χ0n) is 12.3. The van der Waals surface area contributed by atoms with Crippen LogP contribution in [0.1, 0.15) is 38.3 Å². The van der Waals surface area contributed by atoms with Gasteiger partial charge in [0.1, 0.15) is 6.33 Å². The molecule has 112 valence electrons. The Morgan fingerprint density at radius 3 is 2.90 bits per heavy atom. The highest BCUT2D eigenvalue weighted by atomic mass is 16.1. The highest BCUT2D eigenvalue weighted by Crippen LogP contribution is 2.20. The van der Waals surface area contributed by atoms with Gasteiger partial charge in [-0.15, -0.1) is 5.10 Å². The molecule has 0 radical (unpaired) electrons. The number of nitrogens with zero attached hydrogens (tertiary/aromatic N) is 5. The molecule has 1 N–H and O–H groups in total. The molecule has 2 heterocycles. The third-order valence-corrected chi connectivity index (χ3v) is 3.21. The van der Waals surface area contributed by atoms with Gasteiger partial charge in [0.2, 0.25) is 5.91 Å². The minimum absolute atomic E-state index is 0.0146. The lowest BCUT2D eigenvalue weighted by Crippen LogP contribution is -2.31. The van der Waals surface area contributed by atoms with Crippen molar-refractivity contribution in [2.75, 3.05) is 0 Å². The molecule has 21 heavy (non-hydrogen) atoms. The normalized spacial score (nSPS) is 12.3. The minimum Gasteiger partial charge on any atom is -0.349 e. The SMILES string of the molecule is CC(C)C(NC(=O)CCCn1cnnn1)c1cccnc1. The summed E-state index contributed by atoms with van der Waals surface area (Å²) in [5.41, 5.74) is 1.03. The first-order valence-corrected chi connectivity index (χ1v) is 7.07. The average Bonchev–Trinajstić information content (AvgIpc) is 2.98. The molecule has 7 nitrogen and oxygen atoms in total. The van der Waals surface area contributed by atoms with E-state index in [1.165, 1.54) is 0 Å². The van der Waals surface area contributed by atoms with Crippen molar-refractivity contribution in [1.29, 1.82) is 0 Å². The number of carbonyl (C=O) groups is 1. The molecule has 0 saturated heterocycles. The van der Waals surface area contributed by atoms with Crippen molar-refractivity contribution in [3.63, 3.8) is 0 Å². The van der Waals surface area contributed by atoms with Crippen LogP contribution in [0.3, 0.4) is 0 Å². The number of tetrazole rings is 1. The summed E-state index contributed by atoms with van der Waals surface area (Å²) >= 11 is 0. The van der Waals surface area contributed by atoms with E-state index in [0.29, 0.717) is 25.3 Å². The predicted octanol–water partition coefficient (Wildman–Crippen LogP) is 1.36. The lowest BCUT2D eigenvalue weighted by molar-refractivity contribution is -0.122. The zero-order valence-corrected chi connectivity index (χ0v) is 12.3. The van der Waals surface area contributed by atoms with Gasteiger partial charge in [0.25, 0.3) is 0 Å². The molecule has 2 rings (SSSR count). The van der Waals surface area contributed by atoms with Gasteiger partial charge in [0.15, 0.2) is 0 Å². The molecular weight excluding hydrogens is 268 g/mol. The number of pyridine rings is 1. The molecule has 1 atom stereocenters. The number of rotatable bonds is 7. The van der Waals surface area contributed by atoms with Gasteiger partial charge in [0, 0.05) is 25.4 Å². The molecule has 2 aromatic rings. The molecule has 0 spiro atoms. The van der Waals surface area contributed by atoms with E-state index in [1.54, 1.807) is 23.4 Å². The van der Waals surface area contributed by atoms with E-state index < -0.39 is 0 Å². The van der Waals surface area contributed by atoms with Crippen molar-refractivity contribution in [3.05, 3.63) is 36.4 Å². The third-order valence-electron chi connectivity index (χ3n) is 3.21. The minimum atomic E-state index is -0.0146. The summed E-state index contributed by atoms with van der Waals surface area (Å²) in [5, 5.41) is 14.0. The fraction of sp³-hybridized carbons (Fsp3) is 0.500. The lowest BCUT2D eigenvalue weighted by atomic mass is 9.97. The fourth-order valence-electron chi connectivity index (χ4n) is 2.12. The van der Waals surface area contributed by atoms with E-state index in [-0.39, 0.29) is 11.9 Å². The number of hydrogen-bond donors (Lipinski definition) is 1. The maximum Gasteiger partial charge on any atom is 0.220 e. The van der Waals surface area contributed by atoms with E-state index in [4.69, 9.17) is 0 Å². The summed E-state index contributed by atoms with van der Waals surface area (Å²) in [4.78, 5) is 16.2. The molecule has 0 aliphatic rings. The van der Waals surface area contributed by atoms with E-state index >= 15 is 0 Å². The van der Waals surface area contributed by atoms with Gasteiger partial charge in [0.05, 0.1) is 6.04 Å². The Morgan fingerprint density at radius 2 is 2.29 bits per heavy atom. The molecule has 1 amide bonds. The second kappa shape index (κ2) is 7.47. The summed E-state index contributed by atoms with van der Waals surface area (Å²) in [6.07, 6.45) is 6.23. The smallest absolute Gasteiger partial charge is 0.220 e. The largest absolute Gasteiger partial charge is 0.349 e. The molecule has 0 aromatic carbocycles. The van der Waals surface area contributed by atoms with Crippen LogP contribution in [-0.4, -0.2) is 31.1 Å². The van der Waals surface area contributed by atoms with Crippen molar-refractivity contribution < 1.29 is 4.79 Å². The Hall–Kier alpha value is -2.31. The van der Waals surface area contributed by atoms with Gasteiger partial charge in [-0.05, 0) is 34.4 Å². The quantitative estimate of drug-likeness (QED) is 0.831. The van der Waals surface area contributed by atoms with Crippen molar-refractivity contribution in [2.24, 2.45) is 5.92 Å². The van der Waals surface area contributed by atoms with Crippen LogP contribution < -0.4 is 5.32 Å². The van der Waals surface area contributed by atoms with Crippen LogP contribution >= 0.6 is 0 Å². The van der Waals surface area contributed by atoms with Crippen LogP contribution in [0.25, 0.3) is 0 Å². The van der Waals surface area contributed by atoms with Crippen LogP contribution in [0.5, 0.6) is 0 Å². The predicted molar refractivity (Wildman–Crippen MR) is 77.0 cm³/mol. The van der Waals surface area contributed by atoms with Gasteiger partial charge < -0.3 is 5.32 Å². The number of hydrogen-bond acceptors (Lipinski definition) is 5. The monoisotopic (exact) mass is 288 g/mol. The van der Waals surface area contributed by atoms with E-state index in [2.05, 4.69) is 39.7 Å². The van der Waals surface area contributed by atoms with E-state index in [0.717, 1.165) is 5.56 Å². The summed E-state index contributed by atoms with van der Waals surface area (Å²) in [6.45, 7) is 4.80. The summed E-state index contributed by atoms with van der Waals surface area (Å²) in [5.74, 6) is 0.336. The Morgan fingerprint density at radius 1 is 1.43 bits per heavy atom. The van der Waals surface area contributed by atoms with E-state index in [9.17, 15) is 4.79 Å². The zero-order chi connectivity index (χ0) is 15.1. The maximum absolute atomic E-state index is 12.1. The molecular formula is C14H20N6O. The maximum atomic E-state index is 12.1. The van der Waals surface area contributed by atoms with Crippen molar-refractivity contribution in [1.82, 2.24) is 30.5 Å². The lowest BCUT2D eigenvalue weighted by Gasteiger charge is -2.22. The first-order valence-electron chi connectivity index (χ1n) is 7.07. The summed E-state index contributed by atoms with van der Waals surface area (Å²) in [7, 11) is 0. The van der Waals surface area contributed by atoms with Crippen molar-refractivity contribution >= 4 is 5.91 Å². The van der Waals surface area contributed by atoms with Crippen LogP contribution in [0, 0.1) is 5.92 Å². The number of amides is 1. The topological polar surface area (TPSA) is 85.6 Å². The Balaban J connectivity index is 1.84. The van der Waals surface area contributed by atoms with Crippen LogP contribution in [-0.2, 0) is 11.3 Å². The Kier molecular flexibility index (Phi) is 5.36. The number of aryl methyl sites for hydroxylation is 1. The number of nitrogens with one attached hydrogen (secondary N) is 1. The average molecular weight is 288 g/mol. The first-order chi connectivity index (χ1) is 10.2. The van der Waals surface area contributed by atoms with Crippen LogP contribution in [0.2, 0.25) is 0 Å². The van der Waals surface area contributed by atoms with E-state index in [1.807, 2.05) is 12.1 Å². The highest BCUT2D eigenvalue weighted by Gasteiger charge is 2.18. The molecule has 0 aliphatic heterocycles. The highest BCUT2D eigenvalue weighted by molar-refractivity contribution is 5.76. The second-order valence-corrected chi connectivity index (χ2v) is 5.25. The van der Waals surface area contributed by atoms with Gasteiger partial charge >= 0.3 is 0 Å². The molecule has 2 aromatic heterocycles. The Labute approximate surface area is 123 Å². The van der Waals surface area contributed by atoms with Crippen LogP contribution in [0.4, 0.5) is 0 Å². The summed E-state index contributed by atoms with van der Waals surface area (Å²) in [6, 6.07) is 3.85. The number of carbonyl (C=O) groups excluding carboxylic acids is 1. The second-order valence-electron chi connectivity index (χ2n) is 5.25. The van der Waals surface area contributed by atoms with Crippen molar-refractivity contribution in [3.8, 4) is 0 Å². The standard InChI is InChI=1S/C14H20N6O/c1-11(2)14(12-5-3-7-15-9-12)17-13(21)6-4-8-20-10-16-18-19-20/h3,5,7,9-11,14H,4,6,8H2,1-2H3,(H,17,21). The van der Waals surface area contributed by atoms with Crippen LogP contribution in [0.15, 0.2) is 30.9 Å². The van der Waals surface area contributed by atoms with Gasteiger partial charge in [-0.25, -0.2) is 4.68 Å². The molecule has 0 fully saturated rings. The van der Waals surface area contributed by atoms with Gasteiger partial charge in [-0.3, -0.25) is 9.78 Å². The fourth-order valence-corrected chi connectivity index (χ4v) is 2.12. The van der Waals surface area contributed by atoms with Crippen molar-refractivity contribution in [2.45, 2.75) is 39.3 Å².